The van der Waals surface area contributed by atoms with Crippen molar-refractivity contribution in [3.8, 4) is 17.4 Å². The van der Waals surface area contributed by atoms with Crippen molar-refractivity contribution < 1.29 is 32.2 Å². The molecule has 0 saturated carbocycles. The molecule has 0 radical (unpaired) electrons. The van der Waals surface area contributed by atoms with Crippen LogP contribution in [0.15, 0.2) is 36.5 Å². The predicted octanol–water partition coefficient (Wildman–Crippen LogP) is 4.02. The maximum atomic E-state index is 13.0. The number of alkyl halides is 3. The summed E-state index contributed by atoms with van der Waals surface area (Å²) in [4.78, 5) is 18.5. The van der Waals surface area contributed by atoms with Crippen molar-refractivity contribution in [2.45, 2.75) is 25.1 Å². The van der Waals surface area contributed by atoms with E-state index in [2.05, 4.69) is 9.72 Å². The number of nitrogens with zero attached hydrogens (tertiary/aromatic N) is 2. The molecule has 1 atom stereocenters. The van der Waals surface area contributed by atoms with E-state index >= 15 is 0 Å². The Morgan fingerprint density at radius 3 is 2.62 bits per heavy atom. The van der Waals surface area contributed by atoms with Gasteiger partial charge in [0.25, 0.3) is 5.91 Å². The van der Waals surface area contributed by atoms with Gasteiger partial charge in [-0.05, 0) is 37.1 Å². The number of halogens is 3. The SMILES string of the molecule is COc1ccc(OC)c(C2CCCN2C(=O)c2ccc(OCC(F)(F)F)nc2)c1. The fraction of sp³-hybridized carbons (Fsp3) is 0.400. The lowest BCUT2D eigenvalue weighted by molar-refractivity contribution is -0.154. The Labute approximate surface area is 166 Å². The molecule has 0 N–H and O–H groups in total. The first kappa shape index (κ1) is 20.8. The van der Waals surface area contributed by atoms with E-state index < -0.39 is 12.8 Å². The summed E-state index contributed by atoms with van der Waals surface area (Å²) in [5.41, 5.74) is 1.12. The van der Waals surface area contributed by atoms with E-state index in [1.165, 1.54) is 18.3 Å². The third kappa shape index (κ3) is 4.90. The van der Waals surface area contributed by atoms with Crippen molar-refractivity contribution in [2.24, 2.45) is 0 Å². The molecule has 2 aromatic rings. The zero-order valence-electron chi connectivity index (χ0n) is 16.0. The normalized spacial score (nSPS) is 16.6. The Morgan fingerprint density at radius 1 is 1.21 bits per heavy atom. The highest BCUT2D eigenvalue weighted by atomic mass is 19.4. The number of pyridine rings is 1. The number of hydrogen-bond acceptors (Lipinski definition) is 5. The first-order valence-electron chi connectivity index (χ1n) is 9.01. The summed E-state index contributed by atoms with van der Waals surface area (Å²) in [5, 5.41) is 0. The summed E-state index contributed by atoms with van der Waals surface area (Å²) in [6.45, 7) is -0.882. The molecule has 0 bridgehead atoms. The maximum absolute atomic E-state index is 13.0. The Morgan fingerprint density at radius 2 is 2.00 bits per heavy atom. The van der Waals surface area contributed by atoms with Crippen LogP contribution < -0.4 is 14.2 Å². The minimum atomic E-state index is -4.45. The van der Waals surface area contributed by atoms with Crippen LogP contribution in [0.2, 0.25) is 0 Å². The number of carbonyl (C=O) groups is 1. The van der Waals surface area contributed by atoms with Gasteiger partial charge in [-0.3, -0.25) is 4.79 Å². The summed E-state index contributed by atoms with van der Waals surface area (Å²) in [7, 11) is 3.13. The molecular weight excluding hydrogens is 389 g/mol. The molecule has 1 aromatic carbocycles. The van der Waals surface area contributed by atoms with Crippen LogP contribution in [0.3, 0.4) is 0 Å². The zero-order valence-corrected chi connectivity index (χ0v) is 16.0. The second kappa shape index (κ2) is 8.59. The maximum Gasteiger partial charge on any atom is 0.422 e. The summed E-state index contributed by atoms with van der Waals surface area (Å²) in [6.07, 6.45) is -1.65. The molecule has 0 aliphatic carbocycles. The fourth-order valence-corrected chi connectivity index (χ4v) is 3.35. The highest BCUT2D eigenvalue weighted by molar-refractivity contribution is 5.94. The van der Waals surface area contributed by atoms with E-state index in [4.69, 9.17) is 9.47 Å². The minimum Gasteiger partial charge on any atom is -0.497 e. The molecule has 0 spiro atoms. The van der Waals surface area contributed by atoms with Crippen LogP contribution >= 0.6 is 0 Å². The van der Waals surface area contributed by atoms with Crippen molar-refractivity contribution >= 4 is 5.91 Å². The molecule has 1 aromatic heterocycles. The van der Waals surface area contributed by atoms with Crippen molar-refractivity contribution in [1.82, 2.24) is 9.88 Å². The Balaban J connectivity index is 1.78. The van der Waals surface area contributed by atoms with Gasteiger partial charge in [0.1, 0.15) is 11.5 Å². The predicted molar refractivity (Wildman–Crippen MR) is 98.3 cm³/mol. The number of aromatic nitrogens is 1. The van der Waals surface area contributed by atoms with E-state index in [9.17, 15) is 18.0 Å². The molecule has 3 rings (SSSR count). The van der Waals surface area contributed by atoms with Crippen LogP contribution in [0, 0.1) is 0 Å². The monoisotopic (exact) mass is 410 g/mol. The van der Waals surface area contributed by atoms with E-state index in [0.717, 1.165) is 18.4 Å². The number of carbonyl (C=O) groups excluding carboxylic acids is 1. The number of amides is 1. The lowest BCUT2D eigenvalue weighted by Gasteiger charge is -2.26. The Bertz CT molecular complexity index is 856. The molecule has 1 aliphatic rings. The summed E-state index contributed by atoms with van der Waals surface area (Å²) < 4.78 is 52.0. The molecule has 2 heterocycles. The smallest absolute Gasteiger partial charge is 0.422 e. The van der Waals surface area contributed by atoms with Crippen LogP contribution in [0.4, 0.5) is 13.2 Å². The molecule has 1 aliphatic heterocycles. The largest absolute Gasteiger partial charge is 0.497 e. The van der Waals surface area contributed by atoms with Gasteiger partial charge >= 0.3 is 6.18 Å². The number of benzene rings is 1. The van der Waals surface area contributed by atoms with Gasteiger partial charge in [-0.25, -0.2) is 4.98 Å². The number of hydrogen-bond donors (Lipinski definition) is 0. The number of methoxy groups -OCH3 is 2. The molecule has 1 saturated heterocycles. The van der Waals surface area contributed by atoms with Crippen LogP contribution in [-0.2, 0) is 0 Å². The van der Waals surface area contributed by atoms with Gasteiger partial charge in [0.15, 0.2) is 6.61 Å². The molecule has 29 heavy (non-hydrogen) atoms. The third-order valence-corrected chi connectivity index (χ3v) is 4.68. The van der Waals surface area contributed by atoms with Crippen LogP contribution in [0.5, 0.6) is 17.4 Å². The van der Waals surface area contributed by atoms with Gasteiger partial charge in [0, 0.05) is 24.4 Å². The number of ether oxygens (including phenoxy) is 3. The lowest BCUT2D eigenvalue weighted by Crippen LogP contribution is -2.31. The third-order valence-electron chi connectivity index (χ3n) is 4.68. The zero-order chi connectivity index (χ0) is 21.0. The van der Waals surface area contributed by atoms with Gasteiger partial charge in [-0.15, -0.1) is 0 Å². The topological polar surface area (TPSA) is 60.9 Å². The molecule has 1 fully saturated rings. The number of likely N-dealkylation sites (tertiary alicyclic amines) is 1. The first-order chi connectivity index (χ1) is 13.8. The summed E-state index contributed by atoms with van der Waals surface area (Å²) >= 11 is 0. The van der Waals surface area contributed by atoms with Gasteiger partial charge in [0.05, 0.1) is 25.8 Å². The van der Waals surface area contributed by atoms with Crippen LogP contribution in [-0.4, -0.2) is 49.3 Å². The summed E-state index contributed by atoms with van der Waals surface area (Å²) in [6, 6.07) is 7.90. The lowest BCUT2D eigenvalue weighted by atomic mass is 10.0. The van der Waals surface area contributed by atoms with Crippen molar-refractivity contribution in [3.63, 3.8) is 0 Å². The second-order valence-corrected chi connectivity index (χ2v) is 6.55. The van der Waals surface area contributed by atoms with E-state index in [0.29, 0.717) is 18.0 Å². The Hall–Kier alpha value is -2.97. The van der Waals surface area contributed by atoms with Crippen LogP contribution in [0.1, 0.15) is 34.8 Å². The summed E-state index contributed by atoms with van der Waals surface area (Å²) in [5.74, 6) is 0.871. The first-order valence-corrected chi connectivity index (χ1v) is 9.01. The van der Waals surface area contributed by atoms with Crippen LogP contribution in [0.25, 0.3) is 0 Å². The van der Waals surface area contributed by atoms with E-state index in [-0.39, 0.29) is 23.4 Å². The molecule has 1 amide bonds. The second-order valence-electron chi connectivity index (χ2n) is 6.55. The van der Waals surface area contributed by atoms with E-state index in [1.807, 2.05) is 6.07 Å². The average molecular weight is 410 g/mol. The van der Waals surface area contributed by atoms with Crippen molar-refractivity contribution in [2.75, 3.05) is 27.4 Å². The molecular formula is C20H21F3N2O4. The number of rotatable bonds is 6. The van der Waals surface area contributed by atoms with Gasteiger partial charge < -0.3 is 19.1 Å². The molecule has 6 nitrogen and oxygen atoms in total. The highest BCUT2D eigenvalue weighted by Crippen LogP contribution is 2.39. The minimum absolute atomic E-state index is 0.189. The molecule has 1 unspecified atom stereocenters. The standard InChI is InChI=1S/C20H21F3N2O4/c1-27-14-6-7-17(28-2)15(10-14)16-4-3-9-25(16)19(26)13-5-8-18(24-11-13)29-12-20(21,22)23/h5-8,10-11,16H,3-4,9,12H2,1-2H3. The highest BCUT2D eigenvalue weighted by Gasteiger charge is 2.33. The van der Waals surface area contributed by atoms with E-state index in [1.54, 1.807) is 31.3 Å². The van der Waals surface area contributed by atoms with Gasteiger partial charge in [-0.1, -0.05) is 0 Å². The fourth-order valence-electron chi connectivity index (χ4n) is 3.35. The molecule has 9 heteroatoms. The Kier molecular flexibility index (Phi) is 6.14. The van der Waals surface area contributed by atoms with Gasteiger partial charge in [0.2, 0.25) is 5.88 Å². The average Bonchev–Trinajstić information content (AvgIpc) is 3.20. The quantitative estimate of drug-likeness (QED) is 0.720. The van der Waals surface area contributed by atoms with Crippen molar-refractivity contribution in [3.05, 3.63) is 47.7 Å². The van der Waals surface area contributed by atoms with Crippen molar-refractivity contribution in [1.29, 1.82) is 0 Å². The molecule has 156 valence electrons. The van der Waals surface area contributed by atoms with Gasteiger partial charge in [-0.2, -0.15) is 13.2 Å².